The molecular weight excluding hydrogens is 498 g/mol. The van der Waals surface area contributed by atoms with Crippen LogP contribution in [0.5, 0.6) is 0 Å². The van der Waals surface area contributed by atoms with Gasteiger partial charge < -0.3 is 27.5 Å². The van der Waals surface area contributed by atoms with Crippen LogP contribution in [0.3, 0.4) is 0 Å². The molecular formula is C17H24BF3IKN2O2. The zero-order chi connectivity index (χ0) is 19.7. The molecule has 0 atom stereocenters. The van der Waals surface area contributed by atoms with Crippen LogP contribution in [-0.2, 0) is 11.1 Å². The number of piperazine rings is 1. The van der Waals surface area contributed by atoms with Crippen molar-refractivity contribution >= 4 is 41.3 Å². The summed E-state index contributed by atoms with van der Waals surface area (Å²) in [6, 6.07) is 3.51. The number of halogens is 4. The third-order valence-corrected chi connectivity index (χ3v) is 4.80. The topological polar surface area (TPSA) is 32.8 Å². The molecule has 1 saturated heterocycles. The fraction of sp³-hybridized carbons (Fsp3) is 0.588. The fourth-order valence-corrected chi connectivity index (χ4v) is 3.64. The van der Waals surface area contributed by atoms with Gasteiger partial charge in [-0.1, -0.05) is 11.9 Å². The number of carbonyl (C=O) groups is 1. The maximum absolute atomic E-state index is 12.9. The van der Waals surface area contributed by atoms with Gasteiger partial charge >= 0.3 is 64.5 Å². The summed E-state index contributed by atoms with van der Waals surface area (Å²) < 4.78 is 44.8. The molecule has 1 aromatic carbocycles. The standard InChI is InChI=1S/C17H24BF3IN2O2.K/c1-12-13(11-18(19,20)21)9-14(22)10-15(12)23-5-7-24(8-6-23)16(25)26-17(2,3)4;/h9-10H,5-8,11H2,1-4H3;/q-1;+1. The molecule has 1 aliphatic heterocycles. The van der Waals surface area contributed by atoms with Crippen molar-refractivity contribution in [2.24, 2.45) is 0 Å². The molecule has 0 bridgehead atoms. The molecule has 2 rings (SSSR count). The minimum atomic E-state index is -4.88. The Kier molecular flexibility index (Phi) is 9.47. The summed E-state index contributed by atoms with van der Waals surface area (Å²) in [5, 5.41) is 0. The van der Waals surface area contributed by atoms with E-state index in [-0.39, 0.29) is 57.5 Å². The molecule has 1 aliphatic rings. The zero-order valence-corrected chi connectivity index (χ0v) is 21.8. The summed E-state index contributed by atoms with van der Waals surface area (Å²) in [6.07, 6.45) is -1.22. The number of ether oxygens (including phenoxy) is 1. The van der Waals surface area contributed by atoms with E-state index in [0.717, 1.165) is 9.26 Å². The van der Waals surface area contributed by atoms with Crippen LogP contribution in [0.15, 0.2) is 12.1 Å². The van der Waals surface area contributed by atoms with Crippen molar-refractivity contribution in [3.63, 3.8) is 0 Å². The maximum atomic E-state index is 12.9. The molecule has 1 amide bonds. The normalized spacial score (nSPS) is 15.4. The van der Waals surface area contributed by atoms with Gasteiger partial charge in [-0.25, -0.2) is 4.79 Å². The Morgan fingerprint density at radius 1 is 1.19 bits per heavy atom. The van der Waals surface area contributed by atoms with Gasteiger partial charge in [0, 0.05) is 35.4 Å². The molecule has 1 aromatic rings. The molecule has 4 nitrogen and oxygen atoms in total. The third-order valence-electron chi connectivity index (χ3n) is 4.18. The van der Waals surface area contributed by atoms with Gasteiger partial charge in [0.25, 0.3) is 0 Å². The average Bonchev–Trinajstić information content (AvgIpc) is 2.47. The van der Waals surface area contributed by atoms with E-state index in [4.69, 9.17) is 4.74 Å². The van der Waals surface area contributed by atoms with Crippen molar-refractivity contribution < 1.29 is 73.9 Å². The second-order valence-electron chi connectivity index (χ2n) is 7.58. The van der Waals surface area contributed by atoms with Gasteiger partial charge in [-0.05, 0) is 68.0 Å². The summed E-state index contributed by atoms with van der Waals surface area (Å²) in [4.78, 5) is 15.8. The smallest absolute Gasteiger partial charge is 0.449 e. The number of anilines is 1. The molecule has 1 fully saturated rings. The molecule has 0 N–H and O–H groups in total. The molecule has 0 unspecified atom stereocenters. The van der Waals surface area contributed by atoms with Gasteiger partial charge in [0.15, 0.2) is 0 Å². The molecule has 0 spiro atoms. The van der Waals surface area contributed by atoms with Crippen LogP contribution in [0, 0.1) is 10.5 Å². The first-order chi connectivity index (χ1) is 11.9. The molecule has 0 aliphatic carbocycles. The van der Waals surface area contributed by atoms with Gasteiger partial charge in [-0.15, -0.1) is 0 Å². The van der Waals surface area contributed by atoms with E-state index in [0.29, 0.717) is 37.3 Å². The summed E-state index contributed by atoms with van der Waals surface area (Å²) in [7, 11) is 0. The number of nitrogens with zero attached hydrogens (tertiary/aromatic N) is 2. The van der Waals surface area contributed by atoms with Crippen molar-refractivity contribution in [2.75, 3.05) is 31.1 Å². The summed E-state index contributed by atoms with van der Waals surface area (Å²) >= 11 is 2.05. The summed E-state index contributed by atoms with van der Waals surface area (Å²) in [5.74, 6) is 0. The Labute approximate surface area is 215 Å². The van der Waals surface area contributed by atoms with Crippen LogP contribution >= 0.6 is 22.6 Å². The van der Waals surface area contributed by atoms with E-state index in [2.05, 4.69) is 22.6 Å². The minimum Gasteiger partial charge on any atom is -0.449 e. The van der Waals surface area contributed by atoms with Crippen LogP contribution in [0.4, 0.5) is 23.4 Å². The number of benzene rings is 1. The van der Waals surface area contributed by atoms with E-state index in [9.17, 15) is 17.7 Å². The first-order valence-corrected chi connectivity index (χ1v) is 9.66. The van der Waals surface area contributed by atoms with Gasteiger partial charge in [0.2, 0.25) is 0 Å². The number of hydrogen-bond donors (Lipinski definition) is 0. The van der Waals surface area contributed by atoms with Crippen molar-refractivity contribution in [3.05, 3.63) is 26.8 Å². The zero-order valence-electron chi connectivity index (χ0n) is 16.5. The molecule has 0 saturated carbocycles. The van der Waals surface area contributed by atoms with Crippen LogP contribution in [0.2, 0.25) is 0 Å². The van der Waals surface area contributed by atoms with Crippen molar-refractivity contribution in [1.29, 1.82) is 0 Å². The van der Waals surface area contributed by atoms with Gasteiger partial charge in [0.1, 0.15) is 5.60 Å². The Balaban J connectivity index is 0.00000364. The summed E-state index contributed by atoms with van der Waals surface area (Å²) in [5.41, 5.74) is 1.26. The molecule has 146 valence electrons. The van der Waals surface area contributed by atoms with Crippen LogP contribution in [0.25, 0.3) is 0 Å². The number of carbonyl (C=O) groups excluding carboxylic acids is 1. The number of amides is 1. The van der Waals surface area contributed by atoms with Crippen LogP contribution < -0.4 is 56.3 Å². The minimum absolute atomic E-state index is 0. The fourth-order valence-electron chi connectivity index (χ4n) is 2.97. The van der Waals surface area contributed by atoms with E-state index in [1.54, 1.807) is 17.9 Å². The maximum Gasteiger partial charge on any atom is 1.00 e. The second-order valence-corrected chi connectivity index (χ2v) is 8.82. The van der Waals surface area contributed by atoms with E-state index >= 15 is 0 Å². The molecule has 0 radical (unpaired) electrons. The molecule has 10 heteroatoms. The van der Waals surface area contributed by atoms with Crippen molar-refractivity contribution in [2.45, 2.75) is 39.6 Å². The number of hydrogen-bond acceptors (Lipinski definition) is 3. The third kappa shape index (κ3) is 8.04. The van der Waals surface area contributed by atoms with Crippen LogP contribution in [-0.4, -0.2) is 49.8 Å². The largest absolute Gasteiger partial charge is 1.00 e. The Morgan fingerprint density at radius 2 is 1.74 bits per heavy atom. The average molecular weight is 522 g/mol. The first-order valence-electron chi connectivity index (χ1n) is 8.58. The van der Waals surface area contributed by atoms with E-state index in [1.807, 2.05) is 31.7 Å². The molecule has 0 aromatic heterocycles. The Hall–Kier alpha value is 0.511. The van der Waals surface area contributed by atoms with Gasteiger partial charge in [-0.2, -0.15) is 0 Å². The second kappa shape index (κ2) is 10.0. The Morgan fingerprint density at radius 3 is 2.22 bits per heavy atom. The van der Waals surface area contributed by atoms with Crippen molar-refractivity contribution in [1.82, 2.24) is 4.90 Å². The SMILES string of the molecule is Cc1c(C[B-](F)(F)F)cc(I)cc1N1CCN(C(=O)OC(C)(C)C)CC1.[K+]. The molecule has 27 heavy (non-hydrogen) atoms. The quantitative estimate of drug-likeness (QED) is 0.447. The van der Waals surface area contributed by atoms with Crippen molar-refractivity contribution in [3.8, 4) is 0 Å². The molecule has 1 heterocycles. The first kappa shape index (κ1) is 25.5. The predicted molar refractivity (Wildman–Crippen MR) is 107 cm³/mol. The predicted octanol–water partition coefficient (Wildman–Crippen LogP) is 1.59. The number of rotatable bonds is 3. The monoisotopic (exact) mass is 522 g/mol. The summed E-state index contributed by atoms with van der Waals surface area (Å²) in [6.45, 7) is 4.42. The van der Waals surface area contributed by atoms with E-state index < -0.39 is 18.9 Å². The van der Waals surface area contributed by atoms with Gasteiger partial charge in [0.05, 0.1) is 0 Å². The Bertz CT molecular complexity index is 675. The van der Waals surface area contributed by atoms with E-state index in [1.165, 1.54) is 0 Å². The van der Waals surface area contributed by atoms with Crippen LogP contribution in [0.1, 0.15) is 31.9 Å². The van der Waals surface area contributed by atoms with Gasteiger partial charge in [-0.3, -0.25) is 0 Å².